The fourth-order valence-corrected chi connectivity index (χ4v) is 4.10. The van der Waals surface area contributed by atoms with Crippen LogP contribution in [0.4, 0.5) is 0 Å². The summed E-state index contributed by atoms with van der Waals surface area (Å²) in [5, 5.41) is 9.46. The van der Waals surface area contributed by atoms with Gasteiger partial charge >= 0.3 is 11.9 Å². The van der Waals surface area contributed by atoms with Gasteiger partial charge in [-0.3, -0.25) is 9.59 Å². The largest absolute Gasteiger partial charge is 0.462 e. The van der Waals surface area contributed by atoms with Crippen LogP contribution in [0, 0.1) is 0 Å². The lowest BCUT2D eigenvalue weighted by Gasteiger charge is -2.15. The van der Waals surface area contributed by atoms with Gasteiger partial charge in [0.2, 0.25) is 0 Å². The van der Waals surface area contributed by atoms with Gasteiger partial charge in [0.15, 0.2) is 6.10 Å². The lowest BCUT2D eigenvalue weighted by Crippen LogP contribution is -2.28. The quantitative estimate of drug-likeness (QED) is 0.0647. The number of hydrogen-bond donors (Lipinski definition) is 1. The highest BCUT2D eigenvalue weighted by atomic mass is 16.6. The molecule has 0 rings (SSSR count). The summed E-state index contributed by atoms with van der Waals surface area (Å²) >= 11 is 0. The maximum absolute atomic E-state index is 12.1. The summed E-state index contributed by atoms with van der Waals surface area (Å²) in [6, 6.07) is 0. The SMILES string of the molecule is CC/C=C/C/C=C/C/C=C/CCCCCCCC(=O)O[C@@H](CO)COC(=O)CCCCCCCCCCC. The van der Waals surface area contributed by atoms with Gasteiger partial charge in [-0.05, 0) is 44.9 Å². The zero-order valence-corrected chi connectivity index (χ0v) is 24.7. The Balaban J connectivity index is 3.64. The van der Waals surface area contributed by atoms with Gasteiger partial charge in [0.1, 0.15) is 6.61 Å². The van der Waals surface area contributed by atoms with E-state index in [1.54, 1.807) is 0 Å². The molecule has 38 heavy (non-hydrogen) atoms. The van der Waals surface area contributed by atoms with E-state index < -0.39 is 6.10 Å². The predicted molar refractivity (Wildman–Crippen MR) is 159 cm³/mol. The molecule has 220 valence electrons. The number of aliphatic hydroxyl groups is 1. The Hall–Kier alpha value is -1.88. The molecule has 0 aromatic rings. The molecule has 0 heterocycles. The monoisotopic (exact) mass is 534 g/mol. The molecular weight excluding hydrogens is 476 g/mol. The van der Waals surface area contributed by atoms with Gasteiger partial charge < -0.3 is 14.6 Å². The third-order valence-corrected chi connectivity index (χ3v) is 6.45. The second-order valence-electron chi connectivity index (χ2n) is 10.2. The summed E-state index contributed by atoms with van der Waals surface area (Å²) < 4.78 is 10.5. The minimum absolute atomic E-state index is 0.0717. The van der Waals surface area contributed by atoms with Crippen LogP contribution in [-0.4, -0.2) is 36.4 Å². The summed E-state index contributed by atoms with van der Waals surface area (Å²) in [5.41, 5.74) is 0. The number of aliphatic hydroxyl groups excluding tert-OH is 1. The van der Waals surface area contributed by atoms with Crippen LogP contribution in [0.15, 0.2) is 36.5 Å². The van der Waals surface area contributed by atoms with Crippen LogP contribution in [0.2, 0.25) is 0 Å². The van der Waals surface area contributed by atoms with E-state index in [1.165, 1.54) is 44.9 Å². The predicted octanol–water partition coefficient (Wildman–Crippen LogP) is 8.94. The van der Waals surface area contributed by atoms with Gasteiger partial charge in [0, 0.05) is 12.8 Å². The molecule has 0 unspecified atom stereocenters. The van der Waals surface area contributed by atoms with Gasteiger partial charge in [0.25, 0.3) is 0 Å². The van der Waals surface area contributed by atoms with Gasteiger partial charge in [-0.25, -0.2) is 0 Å². The minimum Gasteiger partial charge on any atom is -0.462 e. The zero-order chi connectivity index (χ0) is 27.9. The van der Waals surface area contributed by atoms with Crippen molar-refractivity contribution in [1.29, 1.82) is 0 Å². The van der Waals surface area contributed by atoms with Crippen LogP contribution in [0.1, 0.15) is 142 Å². The van der Waals surface area contributed by atoms with Gasteiger partial charge in [-0.15, -0.1) is 0 Å². The van der Waals surface area contributed by atoms with Gasteiger partial charge in [-0.1, -0.05) is 121 Å². The number of carbonyl (C=O) groups excluding carboxylic acids is 2. The summed E-state index contributed by atoms with van der Waals surface area (Å²) in [4.78, 5) is 24.0. The summed E-state index contributed by atoms with van der Waals surface area (Å²) in [6.45, 7) is 3.96. The third-order valence-electron chi connectivity index (χ3n) is 6.45. The Kier molecular flexibility index (Phi) is 28.2. The number of unbranched alkanes of at least 4 members (excludes halogenated alkanes) is 13. The maximum Gasteiger partial charge on any atom is 0.306 e. The molecule has 1 N–H and O–H groups in total. The molecular formula is C33H58O5. The number of carbonyl (C=O) groups is 2. The summed E-state index contributed by atoms with van der Waals surface area (Å²) in [6.07, 6.45) is 33.4. The molecule has 0 saturated heterocycles. The Morgan fingerprint density at radius 1 is 0.632 bits per heavy atom. The highest BCUT2D eigenvalue weighted by molar-refractivity contribution is 5.70. The van der Waals surface area contributed by atoms with E-state index in [-0.39, 0.29) is 25.2 Å². The molecule has 0 radical (unpaired) electrons. The average Bonchev–Trinajstić information content (AvgIpc) is 2.92. The Morgan fingerprint density at radius 3 is 1.71 bits per heavy atom. The number of rotatable bonds is 27. The Labute approximate surface area is 234 Å². The number of hydrogen-bond acceptors (Lipinski definition) is 5. The first-order chi connectivity index (χ1) is 18.6. The fourth-order valence-electron chi connectivity index (χ4n) is 4.10. The Bertz CT molecular complexity index is 623. The lowest BCUT2D eigenvalue weighted by molar-refractivity contribution is -0.161. The fraction of sp³-hybridized carbons (Fsp3) is 0.758. The van der Waals surface area contributed by atoms with Crippen molar-refractivity contribution in [2.45, 2.75) is 148 Å². The molecule has 0 aromatic carbocycles. The van der Waals surface area contributed by atoms with Gasteiger partial charge in [-0.2, -0.15) is 0 Å². The minimum atomic E-state index is -0.774. The molecule has 0 bridgehead atoms. The smallest absolute Gasteiger partial charge is 0.306 e. The first kappa shape index (κ1) is 36.1. The lowest BCUT2D eigenvalue weighted by atomic mass is 10.1. The molecule has 0 aromatic heterocycles. The number of ether oxygens (including phenoxy) is 2. The molecule has 0 amide bonds. The first-order valence-corrected chi connectivity index (χ1v) is 15.5. The van der Waals surface area contributed by atoms with Crippen LogP contribution in [-0.2, 0) is 19.1 Å². The average molecular weight is 535 g/mol. The van der Waals surface area contributed by atoms with Crippen molar-refractivity contribution in [2.75, 3.05) is 13.2 Å². The molecule has 0 fully saturated rings. The normalized spacial score (nSPS) is 12.6. The van der Waals surface area contributed by atoms with E-state index in [4.69, 9.17) is 9.47 Å². The molecule has 0 aliphatic heterocycles. The van der Waals surface area contributed by atoms with Crippen molar-refractivity contribution in [3.8, 4) is 0 Å². The molecule has 5 heteroatoms. The van der Waals surface area contributed by atoms with Crippen LogP contribution in [0.5, 0.6) is 0 Å². The standard InChI is InChI=1S/C33H58O5/c1-3-5-7-9-11-13-14-15-16-17-18-20-22-24-26-28-33(36)38-31(29-34)30-37-32(35)27-25-23-21-19-12-10-8-6-4-2/h5,7,11,13,15-16,31,34H,3-4,6,8-10,12,14,17-30H2,1-2H3/b7-5+,13-11+,16-15+/t31-/m0/s1. The van der Waals surface area contributed by atoms with Crippen molar-refractivity contribution >= 4 is 11.9 Å². The zero-order valence-electron chi connectivity index (χ0n) is 24.7. The van der Waals surface area contributed by atoms with E-state index in [0.29, 0.717) is 12.8 Å². The highest BCUT2D eigenvalue weighted by Gasteiger charge is 2.16. The van der Waals surface area contributed by atoms with Crippen LogP contribution < -0.4 is 0 Å². The van der Waals surface area contributed by atoms with E-state index in [9.17, 15) is 14.7 Å². The molecule has 5 nitrogen and oxygen atoms in total. The molecule has 0 aliphatic rings. The van der Waals surface area contributed by atoms with Crippen molar-refractivity contribution in [2.24, 2.45) is 0 Å². The van der Waals surface area contributed by atoms with E-state index in [1.807, 2.05) is 0 Å². The number of allylic oxidation sites excluding steroid dienone is 6. The van der Waals surface area contributed by atoms with Gasteiger partial charge in [0.05, 0.1) is 6.61 Å². The van der Waals surface area contributed by atoms with Crippen molar-refractivity contribution in [3.63, 3.8) is 0 Å². The van der Waals surface area contributed by atoms with Crippen molar-refractivity contribution in [1.82, 2.24) is 0 Å². The van der Waals surface area contributed by atoms with Crippen LogP contribution >= 0.6 is 0 Å². The summed E-state index contributed by atoms with van der Waals surface area (Å²) in [7, 11) is 0. The molecule has 0 saturated carbocycles. The molecule has 1 atom stereocenters. The van der Waals surface area contributed by atoms with Crippen LogP contribution in [0.3, 0.4) is 0 Å². The van der Waals surface area contributed by atoms with Crippen molar-refractivity contribution in [3.05, 3.63) is 36.5 Å². The third kappa shape index (κ3) is 27.2. The summed E-state index contributed by atoms with van der Waals surface area (Å²) in [5.74, 6) is -0.617. The highest BCUT2D eigenvalue weighted by Crippen LogP contribution is 2.12. The van der Waals surface area contributed by atoms with E-state index in [2.05, 4.69) is 50.3 Å². The van der Waals surface area contributed by atoms with E-state index in [0.717, 1.165) is 70.6 Å². The second kappa shape index (κ2) is 29.7. The second-order valence-corrected chi connectivity index (χ2v) is 10.2. The first-order valence-electron chi connectivity index (χ1n) is 15.5. The van der Waals surface area contributed by atoms with Crippen LogP contribution in [0.25, 0.3) is 0 Å². The molecule has 0 spiro atoms. The maximum atomic E-state index is 12.1. The van der Waals surface area contributed by atoms with Crippen molar-refractivity contribution < 1.29 is 24.2 Å². The number of esters is 2. The van der Waals surface area contributed by atoms with E-state index >= 15 is 0 Å². The molecule has 0 aliphatic carbocycles. The topological polar surface area (TPSA) is 72.8 Å². The Morgan fingerprint density at radius 2 is 1.13 bits per heavy atom.